The van der Waals surface area contributed by atoms with Crippen molar-refractivity contribution in [2.24, 2.45) is 11.5 Å². The van der Waals surface area contributed by atoms with Crippen LogP contribution in [0.5, 0.6) is 0 Å². The summed E-state index contributed by atoms with van der Waals surface area (Å²) in [7, 11) is 0. The van der Waals surface area contributed by atoms with Crippen LogP contribution >= 0.6 is 0 Å². The van der Waals surface area contributed by atoms with E-state index in [9.17, 15) is 0 Å². The molecule has 0 aliphatic heterocycles. The zero-order chi connectivity index (χ0) is 7.15. The Morgan fingerprint density at radius 2 is 1.56 bits per heavy atom. The topological polar surface area (TPSA) is 136 Å². The molecule has 0 unspecified atom stereocenters. The monoisotopic (exact) mass is 143 g/mol. The number of hydrogen-bond acceptors (Lipinski definition) is 3. The quantitative estimate of drug-likeness (QED) is 0.152. The van der Waals surface area contributed by atoms with Gasteiger partial charge in [-0.1, -0.05) is 0 Å². The van der Waals surface area contributed by atoms with E-state index in [1.807, 2.05) is 0 Å². The van der Waals surface area contributed by atoms with Crippen LogP contribution in [0.1, 0.15) is 0 Å². The van der Waals surface area contributed by atoms with Gasteiger partial charge in [0, 0.05) is 0 Å². The number of carbonyl (C=O) groups is 1. The molecular formula is C2H6N3NaO3. The van der Waals surface area contributed by atoms with E-state index in [1.165, 1.54) is 0 Å². The second kappa shape index (κ2) is 10.5. The smallest absolute Gasteiger partial charge is 0.565 e. The molecule has 0 aromatic carbocycles. The van der Waals surface area contributed by atoms with Crippen molar-refractivity contribution in [3.63, 3.8) is 0 Å². The minimum absolute atomic E-state index is 0. The van der Waals surface area contributed by atoms with Gasteiger partial charge in [-0.25, -0.2) is 0 Å². The Hall–Kier alpha value is -0.460. The van der Waals surface area contributed by atoms with E-state index in [0.717, 1.165) is 0 Å². The first-order valence-corrected chi connectivity index (χ1v) is 1.46. The largest absolute Gasteiger partial charge is 1.00 e. The number of carboxylic acid groups (broad SMARTS) is 2. The van der Waals surface area contributed by atoms with Crippen molar-refractivity contribution in [3.8, 4) is 0 Å². The molecule has 0 aliphatic rings. The van der Waals surface area contributed by atoms with Crippen LogP contribution in [0.25, 0.3) is 0 Å². The third-order valence-corrected chi connectivity index (χ3v) is 0. The van der Waals surface area contributed by atoms with Gasteiger partial charge in [0.1, 0.15) is 0 Å². The average Bonchev–Trinajstić information content (AvgIpc) is 1.25. The molecule has 0 bridgehead atoms. The van der Waals surface area contributed by atoms with Crippen LogP contribution in [0.4, 0.5) is 4.79 Å². The normalized spacial score (nSPS) is 5.33. The summed E-state index contributed by atoms with van der Waals surface area (Å²) in [6.07, 6.45) is -2.08. The summed E-state index contributed by atoms with van der Waals surface area (Å²) < 4.78 is 0. The zero-order valence-corrected chi connectivity index (χ0v) is 6.92. The Kier molecular flexibility index (Phi) is 18.5. The van der Waals surface area contributed by atoms with Gasteiger partial charge in [0.2, 0.25) is 6.16 Å². The molecule has 7 heteroatoms. The molecule has 9 heavy (non-hydrogen) atoms. The third kappa shape index (κ3) is 1090. The number of nitrogens with two attached hydrogens (primary N) is 2. The van der Waals surface area contributed by atoms with Gasteiger partial charge in [-0.15, -0.1) is 0 Å². The van der Waals surface area contributed by atoms with Gasteiger partial charge in [-0.05, 0) is 0 Å². The molecule has 0 saturated heterocycles. The summed E-state index contributed by atoms with van der Waals surface area (Å²) in [6.45, 7) is 0. The Bertz CT molecular complexity index is 75.1. The Morgan fingerprint density at radius 1 is 1.56 bits per heavy atom. The summed E-state index contributed by atoms with van der Waals surface area (Å²) in [5.41, 5.74) is 8.94. The molecule has 0 saturated carbocycles. The van der Waals surface area contributed by atoms with E-state index < -0.39 is 6.16 Å². The summed E-state index contributed by atoms with van der Waals surface area (Å²) in [5.74, 6) is -0.333. The van der Waals surface area contributed by atoms with E-state index in [0.29, 0.717) is 0 Å². The first-order valence-electron chi connectivity index (χ1n) is 1.46. The number of nitrogens with one attached hydrogen (secondary N) is 1. The standard InChI is InChI=1S/CH5N3.CH2O3.Na/c2*2-1(3)4;/h(H5,2,3,4);(H2,2,3,4);/q;;+1/p-1. The third-order valence-electron chi connectivity index (χ3n) is 0. The minimum Gasteiger partial charge on any atom is -0.565 e. The number of rotatable bonds is 0. The van der Waals surface area contributed by atoms with Gasteiger partial charge in [0.25, 0.3) is 0 Å². The Morgan fingerprint density at radius 3 is 1.56 bits per heavy atom. The minimum atomic E-state index is -2.08. The SMILES string of the molecule is N=C(N)N.O=C([O-])O.[Na+]. The van der Waals surface area contributed by atoms with Crippen LogP contribution in [-0.4, -0.2) is 17.2 Å². The summed E-state index contributed by atoms with van der Waals surface area (Å²) in [4.78, 5) is 8.44. The maximum Gasteiger partial charge on any atom is 1.00 e. The summed E-state index contributed by atoms with van der Waals surface area (Å²) >= 11 is 0. The van der Waals surface area contributed by atoms with E-state index in [-0.39, 0.29) is 35.5 Å². The van der Waals surface area contributed by atoms with Crippen LogP contribution in [-0.2, 0) is 0 Å². The average molecular weight is 143 g/mol. The van der Waals surface area contributed by atoms with Crippen molar-refractivity contribution in [2.75, 3.05) is 0 Å². The molecule has 0 amide bonds. The van der Waals surface area contributed by atoms with E-state index >= 15 is 0 Å². The summed E-state index contributed by atoms with van der Waals surface area (Å²) in [5, 5.41) is 21.4. The summed E-state index contributed by atoms with van der Waals surface area (Å²) in [6, 6.07) is 0. The van der Waals surface area contributed by atoms with Crippen LogP contribution in [0.2, 0.25) is 0 Å². The van der Waals surface area contributed by atoms with E-state index in [2.05, 4.69) is 11.5 Å². The zero-order valence-electron chi connectivity index (χ0n) is 4.92. The van der Waals surface area contributed by atoms with Crippen molar-refractivity contribution >= 4 is 12.1 Å². The van der Waals surface area contributed by atoms with Crippen molar-refractivity contribution in [1.82, 2.24) is 0 Å². The number of hydrogen-bond donors (Lipinski definition) is 4. The molecule has 0 radical (unpaired) electrons. The van der Waals surface area contributed by atoms with Crippen LogP contribution in [0.15, 0.2) is 0 Å². The van der Waals surface area contributed by atoms with Crippen molar-refractivity contribution < 1.29 is 44.6 Å². The number of guanidine groups is 1. The molecule has 48 valence electrons. The first-order chi connectivity index (χ1) is 3.46. The van der Waals surface area contributed by atoms with Crippen LogP contribution in [0.3, 0.4) is 0 Å². The molecule has 0 heterocycles. The van der Waals surface area contributed by atoms with Gasteiger partial charge in [-0.3, -0.25) is 5.41 Å². The fourth-order valence-corrected chi connectivity index (χ4v) is 0. The maximum absolute atomic E-state index is 8.44. The Labute approximate surface area is 73.6 Å². The van der Waals surface area contributed by atoms with E-state index in [4.69, 9.17) is 20.4 Å². The van der Waals surface area contributed by atoms with Crippen LogP contribution < -0.4 is 46.1 Å². The van der Waals surface area contributed by atoms with Crippen LogP contribution in [0, 0.1) is 5.41 Å². The molecule has 0 aliphatic carbocycles. The predicted molar refractivity (Wildman–Crippen MR) is 24.1 cm³/mol. The fraction of sp³-hybridized carbons (Fsp3) is 0. The maximum atomic E-state index is 8.44. The molecule has 0 aromatic heterocycles. The predicted octanol–water partition coefficient (Wildman–Crippen LogP) is -5.27. The van der Waals surface area contributed by atoms with E-state index in [1.54, 1.807) is 0 Å². The molecule has 6 nitrogen and oxygen atoms in total. The first kappa shape index (κ1) is 15.8. The van der Waals surface area contributed by atoms with Crippen molar-refractivity contribution in [1.29, 1.82) is 5.41 Å². The Balaban J connectivity index is -0.0000000720. The molecule has 0 aromatic rings. The molecule has 0 spiro atoms. The molecule has 6 N–H and O–H groups in total. The van der Waals surface area contributed by atoms with Gasteiger partial charge in [0.05, 0.1) is 0 Å². The molecule has 0 rings (SSSR count). The van der Waals surface area contributed by atoms with Crippen molar-refractivity contribution in [3.05, 3.63) is 0 Å². The molecular weight excluding hydrogens is 137 g/mol. The second-order valence-corrected chi connectivity index (χ2v) is 0.721. The van der Waals surface area contributed by atoms with Gasteiger partial charge in [0.15, 0.2) is 5.96 Å². The second-order valence-electron chi connectivity index (χ2n) is 0.721. The van der Waals surface area contributed by atoms with Crippen molar-refractivity contribution in [2.45, 2.75) is 0 Å². The van der Waals surface area contributed by atoms with Gasteiger partial charge in [-0.2, -0.15) is 0 Å². The molecule has 0 fully saturated rings. The fourth-order valence-electron chi connectivity index (χ4n) is 0. The van der Waals surface area contributed by atoms with Gasteiger partial charge < -0.3 is 26.5 Å². The van der Waals surface area contributed by atoms with Gasteiger partial charge >= 0.3 is 29.6 Å². The molecule has 0 atom stereocenters.